The number of ether oxygens (including phenoxy) is 1. The molecule has 1 aliphatic rings. The fourth-order valence-electron chi connectivity index (χ4n) is 4.67. The third-order valence-electron chi connectivity index (χ3n) is 6.77. The first-order valence-electron chi connectivity index (χ1n) is 12.1. The molecule has 34 heavy (non-hydrogen) atoms. The summed E-state index contributed by atoms with van der Waals surface area (Å²) in [5, 5.41) is 0. The van der Waals surface area contributed by atoms with Crippen molar-refractivity contribution in [2.24, 2.45) is 5.92 Å². The van der Waals surface area contributed by atoms with Gasteiger partial charge in [0.05, 0.1) is 12.7 Å². The van der Waals surface area contributed by atoms with E-state index in [1.54, 1.807) is 43.3 Å². The number of hydrogen-bond acceptors (Lipinski definition) is 1. The Morgan fingerprint density at radius 1 is 0.882 bits per heavy atom. The van der Waals surface area contributed by atoms with Crippen LogP contribution < -0.4 is 0 Å². The van der Waals surface area contributed by atoms with Gasteiger partial charge >= 0.3 is 0 Å². The minimum atomic E-state index is -0.834. The van der Waals surface area contributed by atoms with Crippen LogP contribution in [0.2, 0.25) is 0 Å². The third-order valence-corrected chi connectivity index (χ3v) is 6.77. The molecule has 1 aliphatic heterocycles. The van der Waals surface area contributed by atoms with Crippen LogP contribution in [-0.2, 0) is 11.2 Å². The van der Waals surface area contributed by atoms with E-state index in [0.29, 0.717) is 35.6 Å². The molecule has 2 atom stereocenters. The van der Waals surface area contributed by atoms with Crippen molar-refractivity contribution in [3.63, 3.8) is 0 Å². The average Bonchev–Trinajstić information content (AvgIpc) is 2.86. The van der Waals surface area contributed by atoms with Crippen molar-refractivity contribution >= 4 is 0 Å². The molecule has 4 rings (SSSR count). The van der Waals surface area contributed by atoms with Crippen molar-refractivity contribution in [3.8, 4) is 22.3 Å². The van der Waals surface area contributed by atoms with Gasteiger partial charge in [0.1, 0.15) is 5.82 Å². The van der Waals surface area contributed by atoms with Crippen LogP contribution in [0.15, 0.2) is 66.7 Å². The lowest BCUT2D eigenvalue weighted by Crippen LogP contribution is -2.21. The van der Waals surface area contributed by atoms with Crippen molar-refractivity contribution < 1.29 is 17.9 Å². The molecular weight excluding hydrogens is 433 g/mol. The Bertz CT molecular complexity index is 1140. The monoisotopic (exact) mass is 464 g/mol. The zero-order valence-electron chi connectivity index (χ0n) is 19.8. The minimum absolute atomic E-state index is 0.210. The van der Waals surface area contributed by atoms with Gasteiger partial charge in [0.15, 0.2) is 11.6 Å². The molecule has 0 aliphatic carbocycles. The Balaban J connectivity index is 1.46. The van der Waals surface area contributed by atoms with Gasteiger partial charge in [-0.3, -0.25) is 0 Å². The molecule has 0 spiro atoms. The van der Waals surface area contributed by atoms with Gasteiger partial charge in [-0.05, 0) is 73.3 Å². The Morgan fingerprint density at radius 3 is 2.26 bits per heavy atom. The van der Waals surface area contributed by atoms with Crippen LogP contribution in [0.5, 0.6) is 0 Å². The predicted molar refractivity (Wildman–Crippen MR) is 132 cm³/mol. The van der Waals surface area contributed by atoms with E-state index < -0.39 is 11.6 Å². The van der Waals surface area contributed by atoms with Gasteiger partial charge in [-0.15, -0.1) is 0 Å². The molecule has 2 unspecified atom stereocenters. The van der Waals surface area contributed by atoms with E-state index in [0.717, 1.165) is 36.8 Å². The first-order valence-corrected chi connectivity index (χ1v) is 12.1. The molecule has 0 amide bonds. The van der Waals surface area contributed by atoms with Crippen LogP contribution in [0.3, 0.4) is 0 Å². The minimum Gasteiger partial charge on any atom is -0.373 e. The molecule has 0 N–H and O–H groups in total. The van der Waals surface area contributed by atoms with Crippen LogP contribution in [0, 0.1) is 23.4 Å². The summed E-state index contributed by atoms with van der Waals surface area (Å²) in [6.45, 7) is 4.49. The fourth-order valence-corrected chi connectivity index (χ4v) is 4.67. The van der Waals surface area contributed by atoms with Crippen molar-refractivity contribution in [1.82, 2.24) is 0 Å². The molecule has 1 saturated heterocycles. The highest BCUT2D eigenvalue weighted by atomic mass is 19.2. The van der Waals surface area contributed by atoms with Crippen molar-refractivity contribution in [2.45, 2.75) is 52.1 Å². The molecule has 1 fully saturated rings. The highest BCUT2D eigenvalue weighted by Gasteiger charge is 2.25. The Hall–Kier alpha value is -2.85. The number of hydrogen-bond donors (Lipinski definition) is 0. The van der Waals surface area contributed by atoms with Gasteiger partial charge < -0.3 is 4.74 Å². The smallest absolute Gasteiger partial charge is 0.166 e. The predicted octanol–water partition coefficient (Wildman–Crippen LogP) is 8.82. The van der Waals surface area contributed by atoms with Gasteiger partial charge in [-0.1, -0.05) is 67.6 Å². The van der Waals surface area contributed by atoms with Crippen LogP contribution in [0.1, 0.15) is 56.8 Å². The summed E-state index contributed by atoms with van der Waals surface area (Å²) < 4.78 is 49.7. The molecule has 3 aromatic carbocycles. The van der Waals surface area contributed by atoms with Crippen molar-refractivity contribution in [1.29, 1.82) is 0 Å². The first-order chi connectivity index (χ1) is 16.5. The molecule has 1 nitrogen and oxygen atoms in total. The van der Waals surface area contributed by atoms with Crippen molar-refractivity contribution in [3.05, 3.63) is 95.3 Å². The number of allylic oxidation sites excluding steroid dienone is 2. The molecule has 0 bridgehead atoms. The molecule has 0 aromatic heterocycles. The number of rotatable bonds is 7. The maximum Gasteiger partial charge on any atom is 0.166 e. The second-order valence-corrected chi connectivity index (χ2v) is 8.98. The van der Waals surface area contributed by atoms with Gasteiger partial charge in [0.2, 0.25) is 0 Å². The summed E-state index contributed by atoms with van der Waals surface area (Å²) in [6.07, 6.45) is 8.50. The van der Waals surface area contributed by atoms with E-state index in [4.69, 9.17) is 4.74 Å². The van der Waals surface area contributed by atoms with E-state index in [1.807, 2.05) is 19.1 Å². The number of benzene rings is 3. The standard InChI is InChI=1S/C30H31F3O/c1-3-5-6-7-20-8-17-28(34-19-20)26-16-14-24(18-27(26)31)22-9-11-23(12-10-22)25-15-13-21(4-2)29(32)30(25)33/h3,5,9-16,18,20,28H,4,6-8,17,19H2,1-2H3. The molecular formula is C30H31F3O. The quantitative estimate of drug-likeness (QED) is 0.317. The van der Waals surface area contributed by atoms with Gasteiger partial charge in [-0.25, -0.2) is 13.2 Å². The molecule has 178 valence electrons. The molecule has 4 heteroatoms. The summed E-state index contributed by atoms with van der Waals surface area (Å²) >= 11 is 0. The fraction of sp³-hybridized carbons (Fsp3) is 0.333. The van der Waals surface area contributed by atoms with Gasteiger partial charge in [0.25, 0.3) is 0 Å². The lowest BCUT2D eigenvalue weighted by molar-refractivity contribution is -0.0207. The zero-order valence-corrected chi connectivity index (χ0v) is 19.8. The maximum atomic E-state index is 15.0. The Labute approximate surface area is 200 Å². The van der Waals surface area contributed by atoms with E-state index in [-0.39, 0.29) is 17.5 Å². The molecule has 1 heterocycles. The summed E-state index contributed by atoms with van der Waals surface area (Å²) in [7, 11) is 0. The summed E-state index contributed by atoms with van der Waals surface area (Å²) in [6, 6.07) is 15.5. The van der Waals surface area contributed by atoms with Crippen LogP contribution in [0.4, 0.5) is 13.2 Å². The molecule has 0 saturated carbocycles. The van der Waals surface area contributed by atoms with E-state index >= 15 is 0 Å². The lowest BCUT2D eigenvalue weighted by Gasteiger charge is -2.29. The van der Waals surface area contributed by atoms with Crippen LogP contribution in [-0.4, -0.2) is 6.61 Å². The zero-order chi connectivity index (χ0) is 24.1. The van der Waals surface area contributed by atoms with Gasteiger partial charge in [0, 0.05) is 11.1 Å². The maximum absolute atomic E-state index is 15.0. The third kappa shape index (κ3) is 5.28. The second-order valence-electron chi connectivity index (χ2n) is 8.98. The lowest BCUT2D eigenvalue weighted by atomic mass is 9.90. The van der Waals surface area contributed by atoms with Crippen LogP contribution in [0.25, 0.3) is 22.3 Å². The van der Waals surface area contributed by atoms with E-state index in [1.165, 1.54) is 6.07 Å². The number of halogens is 3. The SMILES string of the molecule is CC=CCCC1CCC(c2ccc(-c3ccc(-c4ccc(CC)c(F)c4F)cc3)cc2F)OC1. The average molecular weight is 465 g/mol. The number of aryl methyl sites for hydroxylation is 1. The molecule has 0 radical (unpaired) electrons. The Kier molecular flexibility index (Phi) is 7.89. The summed E-state index contributed by atoms with van der Waals surface area (Å²) in [5.74, 6) is -1.37. The first kappa shape index (κ1) is 24.3. The van der Waals surface area contributed by atoms with Gasteiger partial charge in [-0.2, -0.15) is 0 Å². The summed E-state index contributed by atoms with van der Waals surface area (Å²) in [5.41, 5.74) is 3.32. The largest absolute Gasteiger partial charge is 0.373 e. The molecule has 3 aromatic rings. The highest BCUT2D eigenvalue weighted by Crippen LogP contribution is 2.35. The topological polar surface area (TPSA) is 9.23 Å². The highest BCUT2D eigenvalue weighted by molar-refractivity contribution is 5.71. The summed E-state index contributed by atoms with van der Waals surface area (Å²) in [4.78, 5) is 0. The van der Waals surface area contributed by atoms with E-state index in [2.05, 4.69) is 12.2 Å². The Morgan fingerprint density at radius 2 is 1.62 bits per heavy atom. The second kappa shape index (κ2) is 11.1. The van der Waals surface area contributed by atoms with Crippen molar-refractivity contribution in [2.75, 3.05) is 6.61 Å². The van der Waals surface area contributed by atoms with E-state index in [9.17, 15) is 13.2 Å². The normalized spacial score (nSPS) is 18.5. The van der Waals surface area contributed by atoms with Crippen LogP contribution >= 0.6 is 0 Å².